The average Bonchev–Trinajstić information content (AvgIpc) is 3.13. The van der Waals surface area contributed by atoms with Crippen LogP contribution in [0.4, 0.5) is 0 Å². The van der Waals surface area contributed by atoms with Crippen molar-refractivity contribution in [2.45, 2.75) is 32.6 Å². The molecule has 2 aromatic rings. The molecular formula is C16H21N3O. The lowest BCUT2D eigenvalue weighted by molar-refractivity contribution is 0.0799. The van der Waals surface area contributed by atoms with Crippen molar-refractivity contribution in [2.75, 3.05) is 13.1 Å². The number of rotatable bonds is 5. The average molecular weight is 271 g/mol. The fraction of sp³-hybridized carbons (Fsp3) is 0.500. The van der Waals surface area contributed by atoms with Gasteiger partial charge in [0.1, 0.15) is 0 Å². The third-order valence-electron chi connectivity index (χ3n) is 4.44. The van der Waals surface area contributed by atoms with E-state index >= 15 is 0 Å². The number of hydrogen-bond donors (Lipinski definition) is 2. The van der Waals surface area contributed by atoms with Crippen LogP contribution in [0.25, 0.3) is 10.9 Å². The fourth-order valence-electron chi connectivity index (χ4n) is 3.17. The van der Waals surface area contributed by atoms with Crippen molar-refractivity contribution in [1.29, 1.82) is 0 Å². The van der Waals surface area contributed by atoms with Gasteiger partial charge < -0.3 is 5.32 Å². The van der Waals surface area contributed by atoms with E-state index in [2.05, 4.69) is 22.4 Å². The monoisotopic (exact) mass is 271 g/mol. The Balaban J connectivity index is 1.92. The highest BCUT2D eigenvalue weighted by molar-refractivity contribution is 6.03. The predicted octanol–water partition coefficient (Wildman–Crippen LogP) is 2.92. The summed E-state index contributed by atoms with van der Waals surface area (Å²) in [6.45, 7) is 3.94. The number of benzene rings is 1. The summed E-state index contributed by atoms with van der Waals surface area (Å²) < 4.78 is 0. The minimum Gasteiger partial charge on any atom is -0.316 e. The second-order valence-electron chi connectivity index (χ2n) is 5.81. The highest BCUT2D eigenvalue weighted by Gasteiger charge is 2.40. The van der Waals surface area contributed by atoms with Crippen molar-refractivity contribution in [3.8, 4) is 0 Å². The lowest BCUT2D eigenvalue weighted by Crippen LogP contribution is -2.33. The number of unbranched alkanes of at least 4 members (excludes halogenated alkanes) is 1. The van der Waals surface area contributed by atoms with Crippen LogP contribution in [0.2, 0.25) is 0 Å². The largest absolute Gasteiger partial charge is 0.316 e. The Morgan fingerprint density at radius 3 is 3.10 bits per heavy atom. The molecule has 1 aliphatic heterocycles. The van der Waals surface area contributed by atoms with E-state index in [0.717, 1.165) is 55.2 Å². The lowest BCUT2D eigenvalue weighted by Gasteiger charge is -2.26. The topological polar surface area (TPSA) is 57.8 Å². The summed E-state index contributed by atoms with van der Waals surface area (Å²) in [6.07, 6.45) is 5.96. The minimum absolute atomic E-state index is 0.201. The maximum absolute atomic E-state index is 13.0. The zero-order valence-corrected chi connectivity index (χ0v) is 11.9. The first kappa shape index (κ1) is 13.3. The van der Waals surface area contributed by atoms with E-state index in [1.54, 1.807) is 6.20 Å². The van der Waals surface area contributed by atoms with Gasteiger partial charge in [0.05, 0.1) is 11.7 Å². The first-order valence-corrected chi connectivity index (χ1v) is 7.44. The van der Waals surface area contributed by atoms with E-state index < -0.39 is 0 Å². The number of aromatic amines is 1. The Hall–Kier alpha value is -1.68. The SMILES string of the molecule is CCCC[C@@]1(C(=O)c2ccc3[nH]ncc3c2)CCNC1. The van der Waals surface area contributed by atoms with Gasteiger partial charge in [0.2, 0.25) is 0 Å². The molecule has 106 valence electrons. The molecule has 1 aliphatic rings. The van der Waals surface area contributed by atoms with Gasteiger partial charge in [-0.25, -0.2) is 0 Å². The molecule has 1 aromatic carbocycles. The molecular weight excluding hydrogens is 250 g/mol. The van der Waals surface area contributed by atoms with Crippen molar-refractivity contribution in [2.24, 2.45) is 5.41 Å². The molecule has 0 bridgehead atoms. The molecule has 3 rings (SSSR count). The lowest BCUT2D eigenvalue weighted by atomic mass is 9.75. The van der Waals surface area contributed by atoms with Crippen molar-refractivity contribution in [3.63, 3.8) is 0 Å². The summed E-state index contributed by atoms with van der Waals surface area (Å²) in [4.78, 5) is 13.0. The van der Waals surface area contributed by atoms with Crippen LogP contribution in [0.5, 0.6) is 0 Å². The van der Waals surface area contributed by atoms with Gasteiger partial charge in [-0.15, -0.1) is 0 Å². The highest BCUT2D eigenvalue weighted by Crippen LogP contribution is 2.35. The van der Waals surface area contributed by atoms with Gasteiger partial charge in [0.15, 0.2) is 5.78 Å². The number of carbonyl (C=O) groups excluding carboxylic acids is 1. The van der Waals surface area contributed by atoms with E-state index in [9.17, 15) is 4.79 Å². The molecule has 0 unspecified atom stereocenters. The summed E-state index contributed by atoms with van der Waals surface area (Å²) in [6, 6.07) is 5.84. The third-order valence-corrected chi connectivity index (χ3v) is 4.44. The second kappa shape index (κ2) is 5.37. The van der Waals surface area contributed by atoms with E-state index in [0.29, 0.717) is 5.78 Å². The molecule has 0 saturated carbocycles. The number of nitrogens with one attached hydrogen (secondary N) is 2. The molecule has 0 spiro atoms. The van der Waals surface area contributed by atoms with E-state index in [4.69, 9.17) is 0 Å². The molecule has 0 aliphatic carbocycles. The molecule has 1 saturated heterocycles. The Labute approximate surface area is 119 Å². The molecule has 0 radical (unpaired) electrons. The number of hydrogen-bond acceptors (Lipinski definition) is 3. The van der Waals surface area contributed by atoms with Crippen molar-refractivity contribution < 1.29 is 4.79 Å². The molecule has 1 atom stereocenters. The van der Waals surface area contributed by atoms with Crippen LogP contribution < -0.4 is 5.32 Å². The van der Waals surface area contributed by atoms with Crippen molar-refractivity contribution in [3.05, 3.63) is 30.0 Å². The molecule has 4 heteroatoms. The molecule has 0 amide bonds. The van der Waals surface area contributed by atoms with E-state index in [-0.39, 0.29) is 5.41 Å². The van der Waals surface area contributed by atoms with Gasteiger partial charge in [-0.1, -0.05) is 19.8 Å². The predicted molar refractivity (Wildman–Crippen MR) is 79.9 cm³/mol. The van der Waals surface area contributed by atoms with Gasteiger partial charge >= 0.3 is 0 Å². The summed E-state index contributed by atoms with van der Waals surface area (Å²) in [5, 5.41) is 11.3. The first-order valence-electron chi connectivity index (χ1n) is 7.44. The van der Waals surface area contributed by atoms with Gasteiger partial charge in [-0.3, -0.25) is 9.89 Å². The number of H-pyrrole nitrogens is 1. The summed E-state index contributed by atoms with van der Waals surface area (Å²) in [5.41, 5.74) is 1.60. The van der Waals surface area contributed by atoms with Gasteiger partial charge in [0.25, 0.3) is 0 Å². The van der Waals surface area contributed by atoms with E-state index in [1.165, 1.54) is 0 Å². The first-order chi connectivity index (χ1) is 9.75. The van der Waals surface area contributed by atoms with Gasteiger partial charge in [0, 0.05) is 22.9 Å². The number of fused-ring (bicyclic) bond motifs is 1. The Bertz CT molecular complexity index is 611. The smallest absolute Gasteiger partial charge is 0.170 e. The van der Waals surface area contributed by atoms with Gasteiger partial charge in [-0.05, 0) is 37.6 Å². The molecule has 2 heterocycles. The van der Waals surface area contributed by atoms with E-state index in [1.807, 2.05) is 18.2 Å². The third kappa shape index (κ3) is 2.24. The normalized spacial score (nSPS) is 22.4. The van der Waals surface area contributed by atoms with Gasteiger partial charge in [-0.2, -0.15) is 5.10 Å². The molecule has 4 nitrogen and oxygen atoms in total. The Morgan fingerprint density at radius 1 is 1.45 bits per heavy atom. The number of nitrogens with zero attached hydrogens (tertiary/aromatic N) is 1. The quantitative estimate of drug-likeness (QED) is 0.822. The summed E-state index contributed by atoms with van der Waals surface area (Å²) in [5.74, 6) is 0.291. The molecule has 1 fully saturated rings. The number of ketones is 1. The number of carbonyl (C=O) groups is 1. The standard InChI is InChI=1S/C16H21N3O/c1-2-3-6-16(7-8-17-11-16)15(20)12-4-5-14-13(9-12)10-18-19-14/h4-5,9-10,17H,2-3,6-8,11H2,1H3,(H,18,19)/t16-/m1/s1. The number of aromatic nitrogens is 2. The molecule has 1 aromatic heterocycles. The van der Waals surface area contributed by atoms with Crippen LogP contribution in [0.1, 0.15) is 43.0 Å². The number of Topliss-reactive ketones (excluding diaryl/α,β-unsaturated/α-hetero) is 1. The summed E-state index contributed by atoms with van der Waals surface area (Å²) >= 11 is 0. The van der Waals surface area contributed by atoms with Crippen LogP contribution in [0, 0.1) is 5.41 Å². The van der Waals surface area contributed by atoms with Crippen LogP contribution in [0.3, 0.4) is 0 Å². The molecule has 20 heavy (non-hydrogen) atoms. The zero-order chi connectivity index (χ0) is 14.0. The second-order valence-corrected chi connectivity index (χ2v) is 5.81. The zero-order valence-electron chi connectivity index (χ0n) is 11.9. The van der Waals surface area contributed by atoms with Crippen LogP contribution >= 0.6 is 0 Å². The fourth-order valence-corrected chi connectivity index (χ4v) is 3.17. The van der Waals surface area contributed by atoms with Crippen molar-refractivity contribution >= 4 is 16.7 Å². The molecule has 2 N–H and O–H groups in total. The maximum Gasteiger partial charge on any atom is 0.170 e. The highest BCUT2D eigenvalue weighted by atomic mass is 16.1. The Kier molecular flexibility index (Phi) is 3.57. The Morgan fingerprint density at radius 2 is 2.35 bits per heavy atom. The van der Waals surface area contributed by atoms with Crippen LogP contribution in [-0.2, 0) is 0 Å². The van der Waals surface area contributed by atoms with Crippen LogP contribution in [0.15, 0.2) is 24.4 Å². The summed E-state index contributed by atoms with van der Waals surface area (Å²) in [7, 11) is 0. The maximum atomic E-state index is 13.0. The van der Waals surface area contributed by atoms with Crippen LogP contribution in [-0.4, -0.2) is 29.1 Å². The van der Waals surface area contributed by atoms with Crippen molar-refractivity contribution in [1.82, 2.24) is 15.5 Å². The minimum atomic E-state index is -0.201.